The van der Waals surface area contributed by atoms with Crippen LogP contribution in [-0.2, 0) is 4.74 Å². The van der Waals surface area contributed by atoms with Gasteiger partial charge in [-0.05, 0) is 51.5 Å². The van der Waals surface area contributed by atoms with Crippen LogP contribution in [0.1, 0.15) is 51.9 Å². The van der Waals surface area contributed by atoms with E-state index in [1.54, 1.807) is 0 Å². The second-order valence-corrected chi connectivity index (χ2v) is 5.67. The SMILES string of the molecule is CCOC1CC(CC(CC2CCC2)NC)C1. The van der Waals surface area contributed by atoms with E-state index in [4.69, 9.17) is 4.74 Å². The summed E-state index contributed by atoms with van der Waals surface area (Å²) in [6, 6.07) is 0.762. The first-order chi connectivity index (χ1) is 7.81. The highest BCUT2D eigenvalue weighted by atomic mass is 16.5. The molecule has 1 unspecified atom stereocenters. The van der Waals surface area contributed by atoms with E-state index < -0.39 is 0 Å². The van der Waals surface area contributed by atoms with E-state index in [1.165, 1.54) is 44.9 Å². The van der Waals surface area contributed by atoms with Crippen LogP contribution in [0, 0.1) is 11.8 Å². The van der Waals surface area contributed by atoms with Crippen LogP contribution >= 0.6 is 0 Å². The summed E-state index contributed by atoms with van der Waals surface area (Å²) < 4.78 is 5.62. The first kappa shape index (κ1) is 12.4. The van der Waals surface area contributed by atoms with Crippen LogP contribution in [0.25, 0.3) is 0 Å². The van der Waals surface area contributed by atoms with Crippen molar-refractivity contribution >= 4 is 0 Å². The summed E-state index contributed by atoms with van der Waals surface area (Å²) in [6.45, 7) is 2.98. The average molecular weight is 225 g/mol. The molecule has 2 rings (SSSR count). The Hall–Kier alpha value is -0.0800. The third-order valence-corrected chi connectivity index (χ3v) is 4.46. The Bertz CT molecular complexity index is 197. The number of nitrogens with one attached hydrogen (secondary N) is 1. The van der Waals surface area contributed by atoms with Crippen LogP contribution in [-0.4, -0.2) is 25.8 Å². The van der Waals surface area contributed by atoms with Crippen LogP contribution in [0.3, 0.4) is 0 Å². The first-order valence-electron chi connectivity index (χ1n) is 7.10. The molecule has 0 heterocycles. The second-order valence-electron chi connectivity index (χ2n) is 5.67. The Morgan fingerprint density at radius 3 is 2.38 bits per heavy atom. The quantitative estimate of drug-likeness (QED) is 0.719. The van der Waals surface area contributed by atoms with Gasteiger partial charge in [0.05, 0.1) is 6.10 Å². The Morgan fingerprint density at radius 1 is 1.19 bits per heavy atom. The lowest BCUT2D eigenvalue weighted by molar-refractivity contribution is -0.0297. The lowest BCUT2D eigenvalue weighted by Gasteiger charge is -2.38. The van der Waals surface area contributed by atoms with Gasteiger partial charge in [0.25, 0.3) is 0 Å². The zero-order valence-corrected chi connectivity index (χ0v) is 10.9. The summed E-state index contributed by atoms with van der Waals surface area (Å²) in [5.74, 6) is 1.95. The van der Waals surface area contributed by atoms with Gasteiger partial charge in [0.1, 0.15) is 0 Å². The maximum atomic E-state index is 5.62. The molecule has 2 aliphatic carbocycles. The molecular formula is C14H27NO. The number of ether oxygens (including phenoxy) is 1. The van der Waals surface area contributed by atoms with Crippen molar-refractivity contribution in [3.8, 4) is 0 Å². The Labute approximate surface area is 100 Å². The van der Waals surface area contributed by atoms with Gasteiger partial charge in [-0.2, -0.15) is 0 Å². The molecule has 0 spiro atoms. The van der Waals surface area contributed by atoms with Gasteiger partial charge in [0.15, 0.2) is 0 Å². The maximum Gasteiger partial charge on any atom is 0.0580 e. The summed E-state index contributed by atoms with van der Waals surface area (Å²) in [4.78, 5) is 0. The average Bonchev–Trinajstić information content (AvgIpc) is 2.17. The molecule has 0 bridgehead atoms. The predicted molar refractivity (Wildman–Crippen MR) is 67.6 cm³/mol. The third-order valence-electron chi connectivity index (χ3n) is 4.46. The number of hydrogen-bond donors (Lipinski definition) is 1. The Morgan fingerprint density at radius 2 is 1.88 bits per heavy atom. The van der Waals surface area contributed by atoms with Gasteiger partial charge in [-0.1, -0.05) is 19.3 Å². The molecule has 2 heteroatoms. The van der Waals surface area contributed by atoms with Crippen LogP contribution < -0.4 is 5.32 Å². The van der Waals surface area contributed by atoms with Gasteiger partial charge in [-0.15, -0.1) is 0 Å². The molecule has 2 aliphatic rings. The predicted octanol–water partition coefficient (Wildman–Crippen LogP) is 2.97. The third kappa shape index (κ3) is 3.21. The molecule has 0 aromatic heterocycles. The van der Waals surface area contributed by atoms with E-state index in [2.05, 4.69) is 19.3 Å². The van der Waals surface area contributed by atoms with Crippen LogP contribution in [0.4, 0.5) is 0 Å². The summed E-state index contributed by atoms with van der Waals surface area (Å²) >= 11 is 0. The van der Waals surface area contributed by atoms with E-state index in [0.717, 1.165) is 24.5 Å². The minimum atomic E-state index is 0.580. The molecule has 94 valence electrons. The van der Waals surface area contributed by atoms with Crippen molar-refractivity contribution in [2.75, 3.05) is 13.7 Å². The summed E-state index contributed by atoms with van der Waals surface area (Å²) in [5.41, 5.74) is 0. The van der Waals surface area contributed by atoms with Crippen molar-refractivity contribution in [3.63, 3.8) is 0 Å². The smallest absolute Gasteiger partial charge is 0.0580 e. The zero-order valence-electron chi connectivity index (χ0n) is 10.9. The molecule has 1 N–H and O–H groups in total. The zero-order chi connectivity index (χ0) is 11.4. The maximum absolute atomic E-state index is 5.62. The second kappa shape index (κ2) is 6.02. The topological polar surface area (TPSA) is 21.3 Å². The molecule has 16 heavy (non-hydrogen) atoms. The highest BCUT2D eigenvalue weighted by molar-refractivity contribution is 4.85. The lowest BCUT2D eigenvalue weighted by Crippen LogP contribution is -2.38. The minimum Gasteiger partial charge on any atom is -0.378 e. The van der Waals surface area contributed by atoms with Crippen molar-refractivity contribution in [3.05, 3.63) is 0 Å². The fraction of sp³-hybridized carbons (Fsp3) is 1.00. The van der Waals surface area contributed by atoms with E-state index >= 15 is 0 Å². The molecule has 0 aromatic rings. The standard InChI is InChI=1S/C14H27NO/c1-3-16-14-9-12(10-14)8-13(15-2)7-11-5-4-6-11/h11-15H,3-10H2,1-2H3. The molecule has 0 saturated heterocycles. The number of rotatable bonds is 7. The van der Waals surface area contributed by atoms with Crippen molar-refractivity contribution in [1.82, 2.24) is 5.32 Å². The minimum absolute atomic E-state index is 0.580. The summed E-state index contributed by atoms with van der Waals surface area (Å²) in [7, 11) is 2.13. The highest BCUT2D eigenvalue weighted by Gasteiger charge is 2.32. The molecule has 1 atom stereocenters. The number of hydrogen-bond acceptors (Lipinski definition) is 2. The summed E-state index contributed by atoms with van der Waals surface area (Å²) in [5, 5.41) is 3.51. The van der Waals surface area contributed by atoms with Crippen LogP contribution in [0.2, 0.25) is 0 Å². The molecule has 2 fully saturated rings. The lowest BCUT2D eigenvalue weighted by atomic mass is 9.74. The van der Waals surface area contributed by atoms with Crippen molar-refractivity contribution in [2.45, 2.75) is 64.0 Å². The van der Waals surface area contributed by atoms with E-state index in [0.29, 0.717) is 6.10 Å². The van der Waals surface area contributed by atoms with Gasteiger partial charge in [-0.25, -0.2) is 0 Å². The summed E-state index contributed by atoms with van der Waals surface area (Å²) in [6.07, 6.45) is 10.4. The van der Waals surface area contributed by atoms with Gasteiger partial charge in [0.2, 0.25) is 0 Å². The highest BCUT2D eigenvalue weighted by Crippen LogP contribution is 2.36. The van der Waals surface area contributed by atoms with Crippen molar-refractivity contribution in [1.29, 1.82) is 0 Å². The molecule has 0 radical (unpaired) electrons. The van der Waals surface area contributed by atoms with E-state index in [9.17, 15) is 0 Å². The van der Waals surface area contributed by atoms with Crippen molar-refractivity contribution in [2.24, 2.45) is 11.8 Å². The van der Waals surface area contributed by atoms with E-state index in [-0.39, 0.29) is 0 Å². The Balaban J connectivity index is 1.60. The van der Waals surface area contributed by atoms with Gasteiger partial charge in [0, 0.05) is 12.6 Å². The normalized spacial score (nSPS) is 31.9. The Kier molecular flexibility index (Phi) is 4.66. The molecule has 0 aromatic carbocycles. The van der Waals surface area contributed by atoms with E-state index in [1.807, 2.05) is 0 Å². The molecule has 0 aliphatic heterocycles. The largest absolute Gasteiger partial charge is 0.378 e. The van der Waals surface area contributed by atoms with Crippen LogP contribution in [0.15, 0.2) is 0 Å². The fourth-order valence-corrected chi connectivity index (χ4v) is 3.10. The monoisotopic (exact) mass is 225 g/mol. The van der Waals surface area contributed by atoms with Crippen molar-refractivity contribution < 1.29 is 4.74 Å². The molecule has 2 nitrogen and oxygen atoms in total. The van der Waals surface area contributed by atoms with Gasteiger partial charge >= 0.3 is 0 Å². The van der Waals surface area contributed by atoms with Crippen LogP contribution in [0.5, 0.6) is 0 Å². The molecular weight excluding hydrogens is 198 g/mol. The fourth-order valence-electron chi connectivity index (χ4n) is 3.10. The molecule has 2 saturated carbocycles. The van der Waals surface area contributed by atoms with Gasteiger partial charge < -0.3 is 10.1 Å². The molecule has 0 amide bonds. The van der Waals surface area contributed by atoms with Gasteiger partial charge in [-0.3, -0.25) is 0 Å². The first-order valence-corrected chi connectivity index (χ1v) is 7.10.